The Morgan fingerprint density at radius 1 is 1.67 bits per heavy atom. The smallest absolute Gasteiger partial charge is 0.207 e. The standard InChI is InChI=1S/C5H8O3S/c1-9(6,7)5-3-2-4-8-5/h3H,2,4H2,1H3. The second kappa shape index (κ2) is 2.02. The second-order valence-electron chi connectivity index (χ2n) is 1.93. The van der Waals surface area contributed by atoms with E-state index in [-0.39, 0.29) is 5.09 Å². The predicted octanol–water partition coefficient (Wildman–Crippen LogP) is 0.293. The van der Waals surface area contributed by atoms with E-state index in [9.17, 15) is 8.42 Å². The maximum atomic E-state index is 10.6. The summed E-state index contributed by atoms with van der Waals surface area (Å²) in [6.07, 6.45) is 3.45. The summed E-state index contributed by atoms with van der Waals surface area (Å²) in [5, 5.41) is 0.127. The van der Waals surface area contributed by atoms with E-state index in [1.165, 1.54) is 0 Å². The molecule has 0 saturated carbocycles. The van der Waals surface area contributed by atoms with Gasteiger partial charge in [-0.1, -0.05) is 0 Å². The van der Waals surface area contributed by atoms with Crippen molar-refractivity contribution in [3.63, 3.8) is 0 Å². The third-order valence-electron chi connectivity index (χ3n) is 1.04. The minimum absolute atomic E-state index is 0.127. The molecule has 0 aromatic carbocycles. The van der Waals surface area contributed by atoms with Gasteiger partial charge in [-0.05, 0) is 6.08 Å². The molecule has 0 aromatic heterocycles. The van der Waals surface area contributed by atoms with Crippen molar-refractivity contribution in [3.05, 3.63) is 11.2 Å². The van der Waals surface area contributed by atoms with Crippen LogP contribution in [0.3, 0.4) is 0 Å². The molecule has 0 saturated heterocycles. The fourth-order valence-electron chi connectivity index (χ4n) is 0.654. The normalized spacial score (nSPS) is 19.0. The van der Waals surface area contributed by atoms with Crippen LogP contribution in [0, 0.1) is 0 Å². The number of rotatable bonds is 1. The first-order valence-electron chi connectivity index (χ1n) is 2.64. The van der Waals surface area contributed by atoms with Crippen molar-refractivity contribution >= 4 is 9.84 Å². The maximum absolute atomic E-state index is 10.6. The van der Waals surface area contributed by atoms with Crippen molar-refractivity contribution in [3.8, 4) is 0 Å². The maximum Gasteiger partial charge on any atom is 0.207 e. The van der Waals surface area contributed by atoms with Gasteiger partial charge in [0.1, 0.15) is 0 Å². The van der Waals surface area contributed by atoms with Crippen molar-refractivity contribution in [1.82, 2.24) is 0 Å². The van der Waals surface area contributed by atoms with Gasteiger partial charge in [0.15, 0.2) is 0 Å². The first-order valence-corrected chi connectivity index (χ1v) is 4.53. The highest BCUT2D eigenvalue weighted by Gasteiger charge is 2.15. The van der Waals surface area contributed by atoms with E-state index in [1.54, 1.807) is 6.08 Å². The summed E-state index contributed by atoms with van der Waals surface area (Å²) >= 11 is 0. The van der Waals surface area contributed by atoms with Gasteiger partial charge in [-0.25, -0.2) is 8.42 Å². The van der Waals surface area contributed by atoms with E-state index in [4.69, 9.17) is 4.74 Å². The first-order chi connectivity index (χ1) is 4.11. The Morgan fingerprint density at radius 3 is 2.56 bits per heavy atom. The van der Waals surface area contributed by atoms with Gasteiger partial charge in [0.2, 0.25) is 14.9 Å². The Bertz CT molecular complexity index is 225. The van der Waals surface area contributed by atoms with Gasteiger partial charge in [0.25, 0.3) is 0 Å². The van der Waals surface area contributed by atoms with E-state index < -0.39 is 9.84 Å². The van der Waals surface area contributed by atoms with Crippen molar-refractivity contribution in [1.29, 1.82) is 0 Å². The lowest BCUT2D eigenvalue weighted by atomic mass is 10.5. The molecule has 0 radical (unpaired) electrons. The Balaban J connectivity index is 2.87. The van der Waals surface area contributed by atoms with Crippen LogP contribution in [0.5, 0.6) is 0 Å². The Labute approximate surface area is 54.2 Å². The number of ether oxygens (including phenoxy) is 1. The summed E-state index contributed by atoms with van der Waals surface area (Å²) in [5.41, 5.74) is 0. The van der Waals surface area contributed by atoms with E-state index in [0.29, 0.717) is 13.0 Å². The third kappa shape index (κ3) is 1.45. The molecule has 1 aliphatic rings. The molecule has 0 atom stereocenters. The molecule has 0 unspecified atom stereocenters. The van der Waals surface area contributed by atoms with Gasteiger partial charge in [0, 0.05) is 12.7 Å². The molecule has 0 fully saturated rings. The molecule has 0 aromatic rings. The minimum Gasteiger partial charge on any atom is -0.483 e. The van der Waals surface area contributed by atoms with Crippen molar-refractivity contribution < 1.29 is 13.2 Å². The summed E-state index contributed by atoms with van der Waals surface area (Å²) < 4.78 is 26.1. The first kappa shape index (κ1) is 6.61. The topological polar surface area (TPSA) is 43.4 Å². The predicted molar refractivity (Wildman–Crippen MR) is 33.5 cm³/mol. The Kier molecular flexibility index (Phi) is 1.48. The molecule has 0 aliphatic carbocycles. The highest BCUT2D eigenvalue weighted by Crippen LogP contribution is 2.13. The molecule has 0 N–H and O–H groups in total. The van der Waals surface area contributed by atoms with Crippen LogP contribution in [0.4, 0.5) is 0 Å². The largest absolute Gasteiger partial charge is 0.483 e. The summed E-state index contributed by atoms with van der Waals surface area (Å²) in [6.45, 7) is 0.502. The molecular formula is C5H8O3S. The molecule has 1 rings (SSSR count). The van der Waals surface area contributed by atoms with Crippen LogP contribution in [-0.2, 0) is 14.6 Å². The van der Waals surface area contributed by atoms with Crippen LogP contribution >= 0.6 is 0 Å². The van der Waals surface area contributed by atoms with Crippen molar-refractivity contribution in [2.45, 2.75) is 6.42 Å². The van der Waals surface area contributed by atoms with Crippen molar-refractivity contribution in [2.75, 3.05) is 12.9 Å². The van der Waals surface area contributed by atoms with Gasteiger partial charge in [-0.2, -0.15) is 0 Å². The minimum atomic E-state index is -3.06. The van der Waals surface area contributed by atoms with Gasteiger partial charge in [-0.15, -0.1) is 0 Å². The number of hydrogen-bond acceptors (Lipinski definition) is 3. The van der Waals surface area contributed by atoms with Crippen LogP contribution in [-0.4, -0.2) is 21.3 Å². The van der Waals surface area contributed by atoms with Gasteiger partial charge >= 0.3 is 0 Å². The lowest BCUT2D eigenvalue weighted by Gasteiger charge is -1.97. The summed E-state index contributed by atoms with van der Waals surface area (Å²) in [4.78, 5) is 0. The van der Waals surface area contributed by atoms with E-state index in [2.05, 4.69) is 0 Å². The van der Waals surface area contributed by atoms with Crippen LogP contribution in [0.1, 0.15) is 6.42 Å². The van der Waals surface area contributed by atoms with Gasteiger partial charge < -0.3 is 4.74 Å². The average molecular weight is 148 g/mol. The van der Waals surface area contributed by atoms with E-state index in [1.807, 2.05) is 0 Å². The Morgan fingerprint density at radius 2 is 2.33 bits per heavy atom. The molecule has 1 aliphatic heterocycles. The highest BCUT2D eigenvalue weighted by atomic mass is 32.2. The second-order valence-corrected chi connectivity index (χ2v) is 3.88. The summed E-state index contributed by atoms with van der Waals surface area (Å²) in [5.74, 6) is 0. The van der Waals surface area contributed by atoms with Gasteiger partial charge in [-0.3, -0.25) is 0 Å². The molecule has 4 heteroatoms. The molecule has 1 heterocycles. The zero-order chi connectivity index (χ0) is 6.91. The van der Waals surface area contributed by atoms with E-state index in [0.717, 1.165) is 6.26 Å². The molecule has 52 valence electrons. The average Bonchev–Trinajstić information content (AvgIpc) is 2.08. The molecule has 0 amide bonds. The number of hydrogen-bond donors (Lipinski definition) is 0. The highest BCUT2D eigenvalue weighted by molar-refractivity contribution is 7.94. The molecule has 0 spiro atoms. The van der Waals surface area contributed by atoms with Crippen LogP contribution in [0.2, 0.25) is 0 Å². The molecule has 0 bridgehead atoms. The summed E-state index contributed by atoms with van der Waals surface area (Å²) in [7, 11) is -3.06. The molecular weight excluding hydrogens is 140 g/mol. The zero-order valence-corrected chi connectivity index (χ0v) is 5.94. The SMILES string of the molecule is CS(=O)(=O)C1=CCCO1. The Hall–Kier alpha value is -0.510. The third-order valence-corrected chi connectivity index (χ3v) is 2.05. The van der Waals surface area contributed by atoms with E-state index >= 15 is 0 Å². The zero-order valence-electron chi connectivity index (χ0n) is 5.12. The quantitative estimate of drug-likeness (QED) is 0.537. The van der Waals surface area contributed by atoms with Crippen LogP contribution < -0.4 is 0 Å². The lowest BCUT2D eigenvalue weighted by molar-refractivity contribution is 0.266. The van der Waals surface area contributed by atoms with Crippen LogP contribution in [0.15, 0.2) is 11.2 Å². The molecule has 3 nitrogen and oxygen atoms in total. The monoisotopic (exact) mass is 148 g/mol. The fourth-order valence-corrected chi connectivity index (χ4v) is 1.37. The van der Waals surface area contributed by atoms with Crippen LogP contribution in [0.25, 0.3) is 0 Å². The van der Waals surface area contributed by atoms with Gasteiger partial charge in [0.05, 0.1) is 6.61 Å². The van der Waals surface area contributed by atoms with Crippen molar-refractivity contribution in [2.24, 2.45) is 0 Å². The number of sulfone groups is 1. The summed E-state index contributed by atoms with van der Waals surface area (Å²) in [6, 6.07) is 0. The lowest BCUT2D eigenvalue weighted by Crippen LogP contribution is -2.00. The molecule has 9 heavy (non-hydrogen) atoms. The fraction of sp³-hybridized carbons (Fsp3) is 0.600.